The van der Waals surface area contributed by atoms with Gasteiger partial charge in [-0.1, -0.05) is 42.1 Å². The maximum Gasteiger partial charge on any atom is 0.339 e. The molecule has 0 bridgehead atoms. The molecule has 1 aromatic heterocycles. The largest absolute Gasteiger partial charge is 0.448 e. The molecule has 3 aromatic rings. The van der Waals surface area contributed by atoms with Crippen molar-refractivity contribution in [3.8, 4) is 0 Å². The molecule has 4 rings (SSSR count). The number of thioether (sulfide) groups is 1. The van der Waals surface area contributed by atoms with Crippen LogP contribution in [0.3, 0.4) is 0 Å². The molecule has 1 atom stereocenters. The minimum absolute atomic E-state index is 0.250. The highest BCUT2D eigenvalue weighted by Gasteiger charge is 2.31. The third-order valence-electron chi connectivity index (χ3n) is 5.03. The second-order valence-corrected chi connectivity index (χ2v) is 8.56. The van der Waals surface area contributed by atoms with Crippen molar-refractivity contribution in [2.45, 2.75) is 37.3 Å². The second-order valence-electron chi connectivity index (χ2n) is 7.62. The molecule has 1 aliphatic rings. The van der Waals surface area contributed by atoms with Crippen LogP contribution in [-0.4, -0.2) is 33.9 Å². The average molecular weight is 463 g/mol. The van der Waals surface area contributed by atoms with E-state index in [-0.39, 0.29) is 6.42 Å². The van der Waals surface area contributed by atoms with E-state index in [9.17, 15) is 14.4 Å². The summed E-state index contributed by atoms with van der Waals surface area (Å²) in [6.07, 6.45) is -0.750. The number of fused-ring (bicyclic) bond motifs is 1. The number of hydrogen-bond acceptors (Lipinski definition) is 7. The highest BCUT2D eigenvalue weighted by Crippen LogP contribution is 2.21. The number of hydrazine groups is 1. The fraction of sp³-hybridized carbons (Fsp3) is 0.208. The zero-order valence-electron chi connectivity index (χ0n) is 18.1. The Morgan fingerprint density at radius 2 is 1.73 bits per heavy atom. The number of aryl methyl sites for hydroxylation is 2. The number of rotatable bonds is 5. The quantitative estimate of drug-likeness (QED) is 0.260. The van der Waals surface area contributed by atoms with E-state index in [0.717, 1.165) is 22.5 Å². The first-order valence-electron chi connectivity index (χ1n) is 10.3. The first kappa shape index (κ1) is 22.5. The van der Waals surface area contributed by atoms with Crippen molar-refractivity contribution in [1.82, 2.24) is 20.8 Å². The number of nitrogens with one attached hydrogen (secondary N) is 2. The Kier molecular flexibility index (Phi) is 6.69. The molecule has 168 valence electrons. The Morgan fingerprint density at radius 1 is 1.03 bits per heavy atom. The van der Waals surface area contributed by atoms with Crippen molar-refractivity contribution >= 4 is 29.5 Å². The molecule has 9 heteroatoms. The lowest BCUT2D eigenvalue weighted by Crippen LogP contribution is -2.49. The third-order valence-corrected chi connectivity index (χ3v) is 5.95. The minimum atomic E-state index is -1.00. The van der Waals surface area contributed by atoms with Gasteiger partial charge in [0.05, 0.1) is 5.56 Å². The molecule has 0 fully saturated rings. The normalized spacial score (nSPS) is 14.7. The lowest BCUT2D eigenvalue weighted by Gasteiger charge is -2.23. The number of ether oxygens (including phenoxy) is 1. The zero-order valence-corrected chi connectivity index (χ0v) is 18.9. The topological polar surface area (TPSA) is 110 Å². The Balaban J connectivity index is 1.29. The first-order valence-corrected chi connectivity index (χ1v) is 11.3. The van der Waals surface area contributed by atoms with Crippen LogP contribution >= 0.6 is 11.8 Å². The van der Waals surface area contributed by atoms with E-state index in [0.29, 0.717) is 22.0 Å². The zero-order chi connectivity index (χ0) is 23.4. The van der Waals surface area contributed by atoms with E-state index in [1.807, 2.05) is 32.0 Å². The van der Waals surface area contributed by atoms with Gasteiger partial charge < -0.3 is 4.74 Å². The molecule has 0 aliphatic carbocycles. The van der Waals surface area contributed by atoms with Crippen molar-refractivity contribution in [2.75, 3.05) is 0 Å². The monoisotopic (exact) mass is 462 g/mol. The number of hydrogen-bond donors (Lipinski definition) is 2. The Bertz CT molecular complexity index is 1190. The highest BCUT2D eigenvalue weighted by molar-refractivity contribution is 7.98. The van der Waals surface area contributed by atoms with E-state index in [1.165, 1.54) is 11.8 Å². The average Bonchev–Trinajstić information content (AvgIpc) is 2.80. The van der Waals surface area contributed by atoms with Crippen LogP contribution in [-0.2, 0) is 21.7 Å². The van der Waals surface area contributed by atoms with Crippen molar-refractivity contribution in [1.29, 1.82) is 0 Å². The van der Waals surface area contributed by atoms with Crippen LogP contribution in [0.25, 0.3) is 0 Å². The van der Waals surface area contributed by atoms with Gasteiger partial charge >= 0.3 is 5.97 Å². The van der Waals surface area contributed by atoms with Crippen LogP contribution in [0.1, 0.15) is 43.2 Å². The number of carbonyl (C=O) groups excluding carboxylic acids is 3. The van der Waals surface area contributed by atoms with Gasteiger partial charge in [0, 0.05) is 29.1 Å². The van der Waals surface area contributed by atoms with E-state index in [1.54, 1.807) is 36.4 Å². The smallest absolute Gasteiger partial charge is 0.339 e. The molecule has 2 aromatic carbocycles. The molecule has 1 unspecified atom stereocenters. The molecule has 1 aliphatic heterocycles. The van der Waals surface area contributed by atoms with Crippen molar-refractivity contribution in [3.05, 3.63) is 88.2 Å². The summed E-state index contributed by atoms with van der Waals surface area (Å²) in [6, 6.07) is 15.9. The third kappa shape index (κ3) is 5.56. The van der Waals surface area contributed by atoms with Gasteiger partial charge in [-0.05, 0) is 49.2 Å². The first-order chi connectivity index (χ1) is 15.9. The molecule has 8 nitrogen and oxygen atoms in total. The van der Waals surface area contributed by atoms with Gasteiger partial charge in [-0.25, -0.2) is 14.8 Å². The standard InChI is InChI=1S/C24H22N4O4S/c1-14-11-15(2)26-24(25-14)33-13-16-7-9-17(10-8-16)21(29)27-28-22(30)20-12-18-5-3-4-6-19(18)23(31)32-20/h3-11,20H,12-13H2,1-2H3,(H,27,29)(H,28,30). The van der Waals surface area contributed by atoms with Gasteiger partial charge in [0.15, 0.2) is 11.3 Å². The van der Waals surface area contributed by atoms with Gasteiger partial charge in [-0.2, -0.15) is 0 Å². The molecule has 0 radical (unpaired) electrons. The van der Waals surface area contributed by atoms with Crippen LogP contribution in [0.2, 0.25) is 0 Å². The molecule has 0 saturated carbocycles. The van der Waals surface area contributed by atoms with Crippen LogP contribution in [0.15, 0.2) is 59.8 Å². The number of amides is 2. The number of cyclic esters (lactones) is 1. The number of benzene rings is 2. The predicted molar refractivity (Wildman–Crippen MR) is 122 cm³/mol. The molecule has 0 spiro atoms. The summed E-state index contributed by atoms with van der Waals surface area (Å²) in [4.78, 5) is 45.7. The minimum Gasteiger partial charge on any atom is -0.448 e. The summed E-state index contributed by atoms with van der Waals surface area (Å²) in [5, 5.41) is 0.711. The Morgan fingerprint density at radius 3 is 2.45 bits per heavy atom. The van der Waals surface area contributed by atoms with Crippen molar-refractivity contribution in [3.63, 3.8) is 0 Å². The fourth-order valence-electron chi connectivity index (χ4n) is 3.41. The number of carbonyl (C=O) groups is 3. The van der Waals surface area contributed by atoms with Crippen LogP contribution in [0.5, 0.6) is 0 Å². The molecule has 2 N–H and O–H groups in total. The Labute approximate surface area is 195 Å². The van der Waals surface area contributed by atoms with Gasteiger partial charge in [0.25, 0.3) is 11.8 Å². The van der Waals surface area contributed by atoms with Gasteiger partial charge in [-0.3, -0.25) is 20.4 Å². The van der Waals surface area contributed by atoms with E-state index in [4.69, 9.17) is 4.74 Å². The summed E-state index contributed by atoms with van der Waals surface area (Å²) in [6.45, 7) is 3.87. The summed E-state index contributed by atoms with van der Waals surface area (Å²) in [7, 11) is 0. The lowest BCUT2D eigenvalue weighted by molar-refractivity contribution is -0.131. The van der Waals surface area contributed by atoms with Crippen LogP contribution in [0, 0.1) is 13.8 Å². The highest BCUT2D eigenvalue weighted by atomic mass is 32.2. The maximum absolute atomic E-state index is 12.4. The SMILES string of the molecule is Cc1cc(C)nc(SCc2ccc(C(=O)NNC(=O)C3Cc4ccccc4C(=O)O3)cc2)n1. The van der Waals surface area contributed by atoms with Gasteiger partial charge in [-0.15, -0.1) is 0 Å². The van der Waals surface area contributed by atoms with E-state index in [2.05, 4.69) is 20.8 Å². The molecular formula is C24H22N4O4S. The summed E-state index contributed by atoms with van der Waals surface area (Å²) in [5.41, 5.74) is 9.14. The summed E-state index contributed by atoms with van der Waals surface area (Å²) < 4.78 is 5.19. The molecule has 33 heavy (non-hydrogen) atoms. The maximum atomic E-state index is 12.4. The van der Waals surface area contributed by atoms with Crippen molar-refractivity contribution in [2.24, 2.45) is 0 Å². The molecular weight excluding hydrogens is 440 g/mol. The second kappa shape index (κ2) is 9.83. The van der Waals surface area contributed by atoms with Crippen LogP contribution < -0.4 is 10.9 Å². The van der Waals surface area contributed by atoms with Crippen LogP contribution in [0.4, 0.5) is 0 Å². The fourth-order valence-corrected chi connectivity index (χ4v) is 4.31. The predicted octanol–water partition coefficient (Wildman–Crippen LogP) is 2.93. The molecule has 2 heterocycles. The summed E-state index contributed by atoms with van der Waals surface area (Å²) >= 11 is 1.52. The van der Waals surface area contributed by atoms with E-state index >= 15 is 0 Å². The van der Waals surface area contributed by atoms with Gasteiger partial charge in [0.1, 0.15) is 0 Å². The van der Waals surface area contributed by atoms with Crippen molar-refractivity contribution < 1.29 is 19.1 Å². The van der Waals surface area contributed by atoms with E-state index < -0.39 is 23.9 Å². The lowest BCUT2D eigenvalue weighted by atomic mass is 9.98. The number of aromatic nitrogens is 2. The summed E-state index contributed by atoms with van der Waals surface area (Å²) in [5.74, 6) is -0.950. The number of nitrogens with zero attached hydrogens (tertiary/aromatic N) is 2. The molecule has 2 amide bonds. The van der Waals surface area contributed by atoms with Gasteiger partial charge in [0.2, 0.25) is 0 Å². The number of esters is 1. The molecule has 0 saturated heterocycles. The Hall–Kier alpha value is -3.72.